The van der Waals surface area contributed by atoms with Gasteiger partial charge in [-0.3, -0.25) is 9.11 Å². The Morgan fingerprint density at radius 2 is 2.06 bits per heavy atom. The molecule has 0 spiro atoms. The predicted molar refractivity (Wildman–Crippen MR) is 133 cm³/mol. The summed E-state index contributed by atoms with van der Waals surface area (Å²) in [5.74, 6) is 1.49. The van der Waals surface area contributed by atoms with E-state index >= 15 is 0 Å². The zero-order valence-electron chi connectivity index (χ0n) is 18.9. The number of methoxy groups -OCH3 is 1. The fourth-order valence-corrected chi connectivity index (χ4v) is 6.11. The molecule has 5 rings (SSSR count). The molecule has 0 saturated carbocycles. The first-order chi connectivity index (χ1) is 15.8. The van der Waals surface area contributed by atoms with Crippen molar-refractivity contribution in [3.8, 4) is 5.75 Å². The van der Waals surface area contributed by atoms with E-state index in [1.165, 1.54) is 0 Å². The molecule has 0 atom stereocenters. The van der Waals surface area contributed by atoms with E-state index in [0.29, 0.717) is 43.5 Å². The van der Waals surface area contributed by atoms with Crippen LogP contribution < -0.4 is 20.7 Å². The van der Waals surface area contributed by atoms with Crippen LogP contribution in [0.1, 0.15) is 11.1 Å². The Kier molecular flexibility index (Phi) is 5.62. The van der Waals surface area contributed by atoms with Gasteiger partial charge in [0.15, 0.2) is 0 Å². The van der Waals surface area contributed by atoms with Crippen molar-refractivity contribution in [2.45, 2.75) is 23.9 Å². The third-order valence-electron chi connectivity index (χ3n) is 6.30. The van der Waals surface area contributed by atoms with Crippen molar-refractivity contribution in [1.82, 2.24) is 4.98 Å². The molecule has 1 saturated heterocycles. The monoisotopic (exact) mass is 470 g/mol. The number of anilines is 2. The maximum atomic E-state index is 10.9. The lowest BCUT2D eigenvalue weighted by Crippen LogP contribution is -2.61. The highest BCUT2D eigenvalue weighted by Crippen LogP contribution is 2.55. The summed E-state index contributed by atoms with van der Waals surface area (Å²) in [5, 5.41) is 4.55. The van der Waals surface area contributed by atoms with Gasteiger partial charge in [0.05, 0.1) is 37.1 Å². The summed E-state index contributed by atoms with van der Waals surface area (Å²) in [4.78, 5) is 7.52. The normalized spacial score (nSPS) is 19.8. The molecule has 5 N–H and O–H groups in total. The summed E-state index contributed by atoms with van der Waals surface area (Å²) in [6.07, 6.45) is 0. The van der Waals surface area contributed by atoms with Gasteiger partial charge >= 0.3 is 0 Å². The van der Waals surface area contributed by atoms with Crippen LogP contribution in [0.2, 0.25) is 0 Å². The molecule has 0 amide bonds. The van der Waals surface area contributed by atoms with Crippen LogP contribution in [0.25, 0.3) is 10.9 Å². The lowest BCUT2D eigenvalue weighted by atomic mass is 9.99. The molecule has 2 aromatic carbocycles. The molecular formula is C24H30N4O4S. The number of fused-ring (bicyclic) bond motifs is 2. The lowest BCUT2D eigenvalue weighted by molar-refractivity contribution is -0.0461. The van der Waals surface area contributed by atoms with Crippen molar-refractivity contribution >= 4 is 33.0 Å². The van der Waals surface area contributed by atoms with E-state index in [4.69, 9.17) is 20.2 Å². The summed E-state index contributed by atoms with van der Waals surface area (Å²) < 4.78 is 32.6. The van der Waals surface area contributed by atoms with E-state index in [0.717, 1.165) is 33.5 Å². The average molecular weight is 471 g/mol. The van der Waals surface area contributed by atoms with Gasteiger partial charge in [0, 0.05) is 36.8 Å². The number of nitrogens with two attached hydrogens (primary N) is 1. The fraction of sp³-hybridized carbons (Fsp3) is 0.375. The predicted octanol–water partition coefficient (Wildman–Crippen LogP) is 3.82. The van der Waals surface area contributed by atoms with Gasteiger partial charge in [-0.1, -0.05) is 23.8 Å². The maximum Gasteiger partial charge on any atom is 0.142 e. The van der Waals surface area contributed by atoms with E-state index in [-0.39, 0.29) is 11.3 Å². The van der Waals surface area contributed by atoms with E-state index in [9.17, 15) is 9.11 Å². The number of hydrogen-bond donors (Lipinski definition) is 4. The van der Waals surface area contributed by atoms with Crippen LogP contribution in [0.5, 0.6) is 5.75 Å². The quantitative estimate of drug-likeness (QED) is 0.445. The number of hydrogen-bond acceptors (Lipinski definition) is 8. The molecule has 33 heavy (non-hydrogen) atoms. The Morgan fingerprint density at radius 3 is 2.79 bits per heavy atom. The zero-order valence-corrected chi connectivity index (χ0v) is 19.7. The first-order valence-corrected chi connectivity index (χ1v) is 12.7. The van der Waals surface area contributed by atoms with Crippen LogP contribution in [0.4, 0.5) is 11.5 Å². The molecule has 1 aromatic heterocycles. The molecule has 0 bridgehead atoms. The molecule has 1 fully saturated rings. The van der Waals surface area contributed by atoms with Crippen molar-refractivity contribution in [1.29, 1.82) is 0 Å². The van der Waals surface area contributed by atoms with Crippen molar-refractivity contribution < 1.29 is 18.6 Å². The van der Waals surface area contributed by atoms with Gasteiger partial charge < -0.3 is 25.4 Å². The van der Waals surface area contributed by atoms with Crippen molar-refractivity contribution in [2.75, 3.05) is 49.4 Å². The van der Waals surface area contributed by atoms with Crippen LogP contribution in [0, 0.1) is 6.92 Å². The Bertz CT molecular complexity index is 1200. The summed E-state index contributed by atoms with van der Waals surface area (Å²) >= 11 is 0. The van der Waals surface area contributed by atoms with E-state index in [1.54, 1.807) is 13.2 Å². The minimum Gasteiger partial charge on any atom is -0.495 e. The lowest BCUT2D eigenvalue weighted by Gasteiger charge is -2.38. The largest absolute Gasteiger partial charge is 0.495 e. The topological polar surface area (TPSA) is 113 Å². The fourth-order valence-electron chi connectivity index (χ4n) is 4.41. The van der Waals surface area contributed by atoms with Gasteiger partial charge in [-0.25, -0.2) is 4.98 Å². The second-order valence-electron chi connectivity index (χ2n) is 9.00. The SMILES string of the molecule is COc1cccc2c1S(O)(O)CCN(c1cc(NCC3(N)COC3)c3cc(C)ccc3n1)C2. The third-order valence-corrected chi connectivity index (χ3v) is 8.17. The number of ether oxygens (including phenoxy) is 2. The van der Waals surface area contributed by atoms with Crippen LogP contribution in [0.15, 0.2) is 47.4 Å². The second-order valence-corrected chi connectivity index (χ2v) is 11.1. The van der Waals surface area contributed by atoms with E-state index in [2.05, 4.69) is 23.2 Å². The van der Waals surface area contributed by atoms with Gasteiger partial charge in [0.2, 0.25) is 0 Å². The van der Waals surface area contributed by atoms with Gasteiger partial charge in [-0.2, -0.15) is 10.6 Å². The van der Waals surface area contributed by atoms with Crippen LogP contribution in [0.3, 0.4) is 0 Å². The summed E-state index contributed by atoms with van der Waals surface area (Å²) in [6, 6.07) is 13.8. The molecule has 2 aliphatic heterocycles. The number of pyridine rings is 1. The summed E-state index contributed by atoms with van der Waals surface area (Å²) in [5.41, 5.74) is 9.81. The minimum absolute atomic E-state index is 0.208. The van der Waals surface area contributed by atoms with Crippen molar-refractivity contribution in [2.24, 2.45) is 5.73 Å². The number of benzene rings is 2. The number of nitrogens with zero attached hydrogens (tertiary/aromatic N) is 2. The second kappa shape index (κ2) is 8.34. The van der Waals surface area contributed by atoms with Gasteiger partial charge in [-0.15, -0.1) is 0 Å². The van der Waals surface area contributed by atoms with E-state index < -0.39 is 10.6 Å². The molecular weight excluding hydrogens is 440 g/mol. The Hall–Kier alpha value is -2.56. The molecule has 9 heteroatoms. The average Bonchev–Trinajstić information content (AvgIpc) is 2.92. The molecule has 0 aliphatic carbocycles. The number of aromatic nitrogens is 1. The molecule has 3 heterocycles. The first kappa shape index (κ1) is 22.2. The highest BCUT2D eigenvalue weighted by molar-refractivity contribution is 8.24. The van der Waals surface area contributed by atoms with E-state index in [1.807, 2.05) is 30.3 Å². The molecule has 176 valence electrons. The summed E-state index contributed by atoms with van der Waals surface area (Å²) in [7, 11) is -1.43. The third kappa shape index (κ3) is 4.22. The number of rotatable bonds is 5. The maximum absolute atomic E-state index is 10.9. The first-order valence-electron chi connectivity index (χ1n) is 11.0. The molecule has 8 nitrogen and oxygen atoms in total. The highest BCUT2D eigenvalue weighted by atomic mass is 32.3. The van der Waals surface area contributed by atoms with Crippen molar-refractivity contribution in [3.63, 3.8) is 0 Å². The minimum atomic E-state index is -2.99. The van der Waals surface area contributed by atoms with Gasteiger partial charge in [0.1, 0.15) is 16.5 Å². The summed E-state index contributed by atoms with van der Waals surface area (Å²) in [6.45, 7) is 4.69. The van der Waals surface area contributed by atoms with Gasteiger partial charge in [-0.05, 0) is 30.7 Å². The molecule has 0 radical (unpaired) electrons. The van der Waals surface area contributed by atoms with Crippen LogP contribution in [-0.2, 0) is 11.3 Å². The van der Waals surface area contributed by atoms with Gasteiger partial charge in [0.25, 0.3) is 0 Å². The number of aryl methyl sites for hydroxylation is 1. The zero-order chi connectivity index (χ0) is 23.2. The highest BCUT2D eigenvalue weighted by Gasteiger charge is 2.34. The smallest absolute Gasteiger partial charge is 0.142 e. The standard InChI is InChI=1S/C24H30N4O4S/c1-16-6-7-19-18(10-16)20(26-13-24(25)14-32-15-24)11-22(27-19)28-8-9-33(29,30)23-17(12-28)4-3-5-21(23)31-2/h3-7,10-11,29-30H,8-9,12-15,25H2,1-2H3,(H,26,27). The molecule has 3 aromatic rings. The van der Waals surface area contributed by atoms with Crippen LogP contribution >= 0.6 is 10.6 Å². The Labute approximate surface area is 195 Å². The van der Waals surface area contributed by atoms with Crippen LogP contribution in [-0.4, -0.2) is 58.8 Å². The van der Waals surface area contributed by atoms with Crippen molar-refractivity contribution in [3.05, 3.63) is 53.6 Å². The Morgan fingerprint density at radius 1 is 1.24 bits per heavy atom. The number of nitrogens with one attached hydrogen (secondary N) is 1. The Balaban J connectivity index is 1.54. The molecule has 2 aliphatic rings. The molecule has 0 unspecified atom stereocenters.